The summed E-state index contributed by atoms with van der Waals surface area (Å²) < 4.78 is 5.48. The summed E-state index contributed by atoms with van der Waals surface area (Å²) >= 11 is 0. The normalized spacial score (nSPS) is 18.1. The monoisotopic (exact) mass is 498 g/mol. The van der Waals surface area contributed by atoms with Gasteiger partial charge in [0.05, 0.1) is 25.0 Å². The van der Waals surface area contributed by atoms with E-state index in [1.807, 2.05) is 35.2 Å². The SMILES string of the molecule is OC1CCCN(c2n[nH]c(-c3ccc(Nc4nccc(-c5cccc(N6CCOCC6)c5)n4)cc3)n2)C1. The molecule has 3 N–H and O–H groups in total. The number of aliphatic hydroxyl groups excluding tert-OH is 1. The highest BCUT2D eigenvalue weighted by Crippen LogP contribution is 2.26. The maximum absolute atomic E-state index is 9.93. The fourth-order valence-corrected chi connectivity index (χ4v) is 4.76. The summed E-state index contributed by atoms with van der Waals surface area (Å²) in [6.07, 6.45) is 3.22. The first-order valence-corrected chi connectivity index (χ1v) is 12.7. The summed E-state index contributed by atoms with van der Waals surface area (Å²) in [7, 11) is 0. The van der Waals surface area contributed by atoms with Crippen molar-refractivity contribution < 1.29 is 9.84 Å². The highest BCUT2D eigenvalue weighted by molar-refractivity contribution is 5.68. The van der Waals surface area contributed by atoms with E-state index in [0.29, 0.717) is 24.3 Å². The molecule has 2 aromatic carbocycles. The molecule has 10 nitrogen and oxygen atoms in total. The van der Waals surface area contributed by atoms with Gasteiger partial charge < -0.3 is 25.0 Å². The van der Waals surface area contributed by atoms with Crippen LogP contribution in [-0.2, 0) is 4.74 Å². The molecule has 37 heavy (non-hydrogen) atoms. The van der Waals surface area contributed by atoms with E-state index >= 15 is 0 Å². The van der Waals surface area contributed by atoms with Crippen molar-refractivity contribution in [2.45, 2.75) is 18.9 Å². The number of nitrogens with zero attached hydrogens (tertiary/aromatic N) is 6. The van der Waals surface area contributed by atoms with E-state index in [9.17, 15) is 5.11 Å². The van der Waals surface area contributed by atoms with E-state index in [2.05, 4.69) is 54.6 Å². The number of nitrogens with one attached hydrogen (secondary N) is 2. The van der Waals surface area contributed by atoms with Crippen LogP contribution < -0.4 is 15.1 Å². The largest absolute Gasteiger partial charge is 0.391 e. The molecule has 1 unspecified atom stereocenters. The van der Waals surface area contributed by atoms with Crippen molar-refractivity contribution in [3.63, 3.8) is 0 Å². The van der Waals surface area contributed by atoms with Crippen LogP contribution in [0, 0.1) is 0 Å². The smallest absolute Gasteiger partial charge is 0.245 e. The quantitative estimate of drug-likeness (QED) is 0.367. The molecular weight excluding hydrogens is 468 g/mol. The summed E-state index contributed by atoms with van der Waals surface area (Å²) in [6, 6.07) is 18.3. The van der Waals surface area contributed by atoms with Gasteiger partial charge >= 0.3 is 0 Å². The molecule has 2 saturated heterocycles. The van der Waals surface area contributed by atoms with Gasteiger partial charge in [0, 0.05) is 54.9 Å². The van der Waals surface area contributed by atoms with Crippen molar-refractivity contribution in [2.75, 3.05) is 54.5 Å². The average Bonchev–Trinajstić information content (AvgIpc) is 3.45. The number of hydrogen-bond acceptors (Lipinski definition) is 9. The number of hydrogen-bond donors (Lipinski definition) is 3. The number of aromatic nitrogens is 5. The van der Waals surface area contributed by atoms with Gasteiger partial charge in [0.15, 0.2) is 5.82 Å². The van der Waals surface area contributed by atoms with Crippen LogP contribution >= 0.6 is 0 Å². The van der Waals surface area contributed by atoms with Crippen molar-refractivity contribution in [3.05, 3.63) is 60.8 Å². The Labute approximate surface area is 215 Å². The molecule has 6 rings (SSSR count). The number of rotatable bonds is 6. The maximum Gasteiger partial charge on any atom is 0.245 e. The van der Waals surface area contributed by atoms with Crippen LogP contribution in [0.25, 0.3) is 22.6 Å². The molecule has 2 fully saturated rings. The van der Waals surface area contributed by atoms with Crippen molar-refractivity contribution in [3.8, 4) is 22.6 Å². The number of H-pyrrole nitrogens is 1. The fraction of sp³-hybridized carbons (Fsp3) is 0.333. The third-order valence-electron chi connectivity index (χ3n) is 6.74. The van der Waals surface area contributed by atoms with Gasteiger partial charge in [-0.05, 0) is 55.3 Å². The number of aromatic amines is 1. The van der Waals surface area contributed by atoms with Crippen molar-refractivity contribution in [1.82, 2.24) is 25.1 Å². The first-order chi connectivity index (χ1) is 18.2. The number of benzene rings is 2. The second-order valence-corrected chi connectivity index (χ2v) is 9.34. The van der Waals surface area contributed by atoms with E-state index in [0.717, 1.165) is 68.2 Å². The van der Waals surface area contributed by atoms with Gasteiger partial charge in [-0.15, -0.1) is 5.10 Å². The molecule has 0 amide bonds. The molecule has 0 aliphatic carbocycles. The molecule has 0 spiro atoms. The molecule has 190 valence electrons. The Kier molecular flexibility index (Phi) is 6.66. The number of morpholine rings is 1. The lowest BCUT2D eigenvalue weighted by atomic mass is 10.1. The molecule has 2 aliphatic rings. The van der Waals surface area contributed by atoms with Crippen molar-refractivity contribution >= 4 is 23.3 Å². The number of ether oxygens (including phenoxy) is 1. The average molecular weight is 499 g/mol. The zero-order valence-corrected chi connectivity index (χ0v) is 20.5. The van der Waals surface area contributed by atoms with Gasteiger partial charge in [-0.25, -0.2) is 9.97 Å². The van der Waals surface area contributed by atoms with Gasteiger partial charge in [0.25, 0.3) is 0 Å². The molecule has 1 atom stereocenters. The van der Waals surface area contributed by atoms with Crippen molar-refractivity contribution in [2.24, 2.45) is 0 Å². The Morgan fingerprint density at radius 2 is 1.81 bits per heavy atom. The zero-order chi connectivity index (χ0) is 25.0. The highest BCUT2D eigenvalue weighted by Gasteiger charge is 2.21. The van der Waals surface area contributed by atoms with Crippen LogP contribution in [-0.4, -0.2) is 75.8 Å². The van der Waals surface area contributed by atoms with Crippen LogP contribution in [0.3, 0.4) is 0 Å². The molecule has 4 heterocycles. The number of aliphatic hydroxyl groups is 1. The Bertz CT molecular complexity index is 1340. The topological polar surface area (TPSA) is 115 Å². The molecular formula is C27H30N8O2. The Balaban J connectivity index is 1.14. The lowest BCUT2D eigenvalue weighted by molar-refractivity contribution is 0.122. The standard InChI is InChI=1S/C27H30N8O2/c36-23-5-2-12-35(18-23)27-31-25(32-33-27)19-6-8-21(9-7-19)29-26-28-11-10-24(30-26)20-3-1-4-22(17-20)34-13-15-37-16-14-34/h1,3-4,6-11,17,23,36H,2,5,12-16,18H2,(H,28,29,30)(H,31,32,33). The van der Waals surface area contributed by atoms with Crippen LogP contribution in [0.4, 0.5) is 23.3 Å². The minimum absolute atomic E-state index is 0.324. The van der Waals surface area contributed by atoms with Gasteiger partial charge in [0.2, 0.25) is 11.9 Å². The lowest BCUT2D eigenvalue weighted by Crippen LogP contribution is -2.38. The zero-order valence-electron chi connectivity index (χ0n) is 20.5. The molecule has 0 saturated carbocycles. The molecule has 2 aromatic heterocycles. The first kappa shape index (κ1) is 23.4. The Hall–Kier alpha value is -4.02. The van der Waals surface area contributed by atoms with Crippen LogP contribution in [0.15, 0.2) is 60.8 Å². The third kappa shape index (κ3) is 5.40. The molecule has 10 heteroatoms. The number of anilines is 4. The van der Waals surface area contributed by atoms with Gasteiger partial charge in [-0.3, -0.25) is 5.10 Å². The molecule has 0 radical (unpaired) electrons. The van der Waals surface area contributed by atoms with Gasteiger partial charge in [-0.1, -0.05) is 12.1 Å². The van der Waals surface area contributed by atoms with E-state index < -0.39 is 0 Å². The van der Waals surface area contributed by atoms with E-state index in [4.69, 9.17) is 9.72 Å². The Morgan fingerprint density at radius 3 is 2.65 bits per heavy atom. The minimum atomic E-state index is -0.324. The summed E-state index contributed by atoms with van der Waals surface area (Å²) in [5.74, 6) is 1.85. The maximum atomic E-state index is 9.93. The Morgan fingerprint density at radius 1 is 0.946 bits per heavy atom. The van der Waals surface area contributed by atoms with E-state index in [1.165, 1.54) is 5.69 Å². The number of β-amino-alcohol motifs (C(OH)–C–C–N with tert-alkyl or cyclic N) is 1. The summed E-state index contributed by atoms with van der Waals surface area (Å²) in [5, 5.41) is 20.6. The molecule has 4 aromatic rings. The second kappa shape index (κ2) is 10.5. The lowest BCUT2D eigenvalue weighted by Gasteiger charge is -2.29. The van der Waals surface area contributed by atoms with Crippen LogP contribution in [0.5, 0.6) is 0 Å². The summed E-state index contributed by atoms with van der Waals surface area (Å²) in [5.41, 5.74) is 4.89. The number of piperidine rings is 1. The summed E-state index contributed by atoms with van der Waals surface area (Å²) in [6.45, 7) is 4.72. The highest BCUT2D eigenvalue weighted by atomic mass is 16.5. The van der Waals surface area contributed by atoms with Gasteiger partial charge in [-0.2, -0.15) is 4.98 Å². The van der Waals surface area contributed by atoms with Crippen LogP contribution in [0.2, 0.25) is 0 Å². The molecule has 2 aliphatic heterocycles. The van der Waals surface area contributed by atoms with E-state index in [1.54, 1.807) is 6.20 Å². The van der Waals surface area contributed by atoms with Gasteiger partial charge in [0.1, 0.15) is 0 Å². The minimum Gasteiger partial charge on any atom is -0.391 e. The second-order valence-electron chi connectivity index (χ2n) is 9.34. The molecule has 0 bridgehead atoms. The first-order valence-electron chi connectivity index (χ1n) is 12.7. The predicted octanol–water partition coefficient (Wildman–Crippen LogP) is 3.47. The third-order valence-corrected chi connectivity index (χ3v) is 6.74. The van der Waals surface area contributed by atoms with Crippen molar-refractivity contribution in [1.29, 1.82) is 0 Å². The van der Waals surface area contributed by atoms with E-state index in [-0.39, 0.29) is 6.10 Å². The fourth-order valence-electron chi connectivity index (χ4n) is 4.76. The summed E-state index contributed by atoms with van der Waals surface area (Å²) in [4.78, 5) is 18.1. The predicted molar refractivity (Wildman–Crippen MR) is 143 cm³/mol. The van der Waals surface area contributed by atoms with Crippen LogP contribution in [0.1, 0.15) is 12.8 Å².